The summed E-state index contributed by atoms with van der Waals surface area (Å²) in [5.74, 6) is 0. The molecule has 1 amide bonds. The van der Waals surface area contributed by atoms with Crippen molar-refractivity contribution >= 4 is 6.09 Å². The number of carbonyl (C=O) groups is 1. The number of carbonyl (C=O) groups excluding carboxylic acids is 1. The van der Waals surface area contributed by atoms with Gasteiger partial charge in [0, 0.05) is 25.2 Å². The largest absolute Gasteiger partial charge is 0.444 e. The van der Waals surface area contributed by atoms with Crippen LogP contribution in [0.25, 0.3) is 0 Å². The van der Waals surface area contributed by atoms with Crippen LogP contribution < -0.4 is 10.6 Å². The van der Waals surface area contributed by atoms with Crippen molar-refractivity contribution < 1.29 is 14.3 Å². The minimum atomic E-state index is -0.454. The summed E-state index contributed by atoms with van der Waals surface area (Å²) in [6.07, 6.45) is 5.33. The second-order valence-electron chi connectivity index (χ2n) is 7.16. The van der Waals surface area contributed by atoms with E-state index in [0.29, 0.717) is 12.1 Å². The maximum atomic E-state index is 11.8. The maximum Gasteiger partial charge on any atom is 0.407 e. The van der Waals surface area contributed by atoms with Gasteiger partial charge in [0.2, 0.25) is 0 Å². The van der Waals surface area contributed by atoms with Crippen molar-refractivity contribution in [2.24, 2.45) is 0 Å². The molecule has 0 aromatic carbocycles. The lowest BCUT2D eigenvalue weighted by atomic mass is 10.00. The van der Waals surface area contributed by atoms with E-state index in [9.17, 15) is 4.79 Å². The van der Waals surface area contributed by atoms with E-state index in [2.05, 4.69) is 24.5 Å². The van der Waals surface area contributed by atoms with E-state index in [1.54, 1.807) is 0 Å². The van der Waals surface area contributed by atoms with Gasteiger partial charge in [0.15, 0.2) is 0 Å². The third kappa shape index (κ3) is 7.99. The highest BCUT2D eigenvalue weighted by Crippen LogP contribution is 2.17. The molecule has 5 heteroatoms. The smallest absolute Gasteiger partial charge is 0.407 e. The number of nitrogens with one attached hydrogen (secondary N) is 2. The highest BCUT2D eigenvalue weighted by molar-refractivity contribution is 5.68. The van der Waals surface area contributed by atoms with Crippen LogP contribution in [0, 0.1) is 0 Å². The Hall–Kier alpha value is -0.810. The van der Waals surface area contributed by atoms with E-state index in [1.165, 1.54) is 0 Å². The van der Waals surface area contributed by atoms with Crippen molar-refractivity contribution in [3.05, 3.63) is 0 Å². The Morgan fingerprint density at radius 3 is 2.68 bits per heavy atom. The molecule has 3 unspecified atom stereocenters. The summed E-state index contributed by atoms with van der Waals surface area (Å²) in [5, 5.41) is 6.52. The molecule has 0 saturated carbocycles. The Labute approximate surface area is 135 Å². The van der Waals surface area contributed by atoms with Gasteiger partial charge < -0.3 is 20.1 Å². The van der Waals surface area contributed by atoms with Crippen LogP contribution in [0.3, 0.4) is 0 Å². The average Bonchev–Trinajstić information content (AvgIpc) is 2.42. The molecule has 0 aromatic heterocycles. The predicted octanol–water partition coefficient (Wildman–Crippen LogP) is 3.23. The summed E-state index contributed by atoms with van der Waals surface area (Å²) < 4.78 is 11.1. The minimum Gasteiger partial charge on any atom is -0.444 e. The van der Waals surface area contributed by atoms with Gasteiger partial charge in [-0.2, -0.15) is 0 Å². The molecule has 1 heterocycles. The molecule has 1 aliphatic heterocycles. The lowest BCUT2D eigenvalue weighted by Crippen LogP contribution is -2.48. The first-order valence-electron chi connectivity index (χ1n) is 8.68. The van der Waals surface area contributed by atoms with Gasteiger partial charge in [0.1, 0.15) is 5.60 Å². The molecule has 0 radical (unpaired) electrons. The van der Waals surface area contributed by atoms with Crippen molar-refractivity contribution in [3.8, 4) is 0 Å². The normalized spacial score (nSPS) is 23.9. The van der Waals surface area contributed by atoms with Crippen molar-refractivity contribution in [2.75, 3.05) is 13.2 Å². The second kappa shape index (κ2) is 9.36. The molecule has 3 atom stereocenters. The van der Waals surface area contributed by atoms with Gasteiger partial charge in [0.25, 0.3) is 0 Å². The minimum absolute atomic E-state index is 0.0994. The lowest BCUT2D eigenvalue weighted by molar-refractivity contribution is -0.00362. The summed E-state index contributed by atoms with van der Waals surface area (Å²) in [5.41, 5.74) is -0.454. The molecular formula is C17H34N2O3. The first kappa shape index (κ1) is 19.2. The number of ether oxygens (including phenoxy) is 2. The molecule has 1 aliphatic rings. The molecule has 1 fully saturated rings. The Kier molecular flexibility index (Phi) is 8.18. The maximum absolute atomic E-state index is 11.8. The van der Waals surface area contributed by atoms with Gasteiger partial charge in [-0.05, 0) is 46.5 Å². The van der Waals surface area contributed by atoms with Crippen LogP contribution in [0.1, 0.15) is 66.7 Å². The van der Waals surface area contributed by atoms with E-state index in [0.717, 1.165) is 45.3 Å². The highest BCUT2D eigenvalue weighted by Gasteiger charge is 2.23. The first-order chi connectivity index (χ1) is 10.3. The van der Waals surface area contributed by atoms with E-state index in [4.69, 9.17) is 9.47 Å². The Morgan fingerprint density at radius 2 is 2.09 bits per heavy atom. The van der Waals surface area contributed by atoms with E-state index in [-0.39, 0.29) is 12.1 Å². The first-order valence-corrected chi connectivity index (χ1v) is 8.68. The fourth-order valence-corrected chi connectivity index (χ4v) is 2.67. The molecule has 5 nitrogen and oxygen atoms in total. The van der Waals surface area contributed by atoms with Gasteiger partial charge in [-0.25, -0.2) is 4.79 Å². The van der Waals surface area contributed by atoms with Crippen molar-refractivity contribution in [3.63, 3.8) is 0 Å². The zero-order valence-electron chi connectivity index (χ0n) is 14.9. The van der Waals surface area contributed by atoms with Gasteiger partial charge in [-0.3, -0.25) is 0 Å². The molecular weight excluding hydrogens is 280 g/mol. The molecule has 130 valence electrons. The zero-order chi connectivity index (χ0) is 16.6. The summed E-state index contributed by atoms with van der Waals surface area (Å²) in [6, 6.07) is 0.585. The van der Waals surface area contributed by atoms with E-state index >= 15 is 0 Å². The fourth-order valence-electron chi connectivity index (χ4n) is 2.67. The summed E-state index contributed by atoms with van der Waals surface area (Å²) in [6.45, 7) is 11.5. The SMILES string of the molecule is CCCC1CC(NCC(CC)NC(=O)OC(C)(C)C)CCO1. The molecule has 0 aliphatic carbocycles. The standard InChI is InChI=1S/C17H34N2O3/c1-6-8-15-11-14(9-10-21-15)18-12-13(7-2)19-16(20)22-17(3,4)5/h13-15,18H,6-12H2,1-5H3,(H,19,20). The third-order valence-corrected chi connectivity index (χ3v) is 3.84. The number of alkyl carbamates (subject to hydrolysis) is 1. The van der Waals surface area contributed by atoms with Crippen LogP contribution in [0.5, 0.6) is 0 Å². The summed E-state index contributed by atoms with van der Waals surface area (Å²) in [7, 11) is 0. The van der Waals surface area contributed by atoms with Crippen molar-refractivity contribution in [2.45, 2.75) is 90.5 Å². The van der Waals surface area contributed by atoms with E-state index < -0.39 is 5.60 Å². The molecule has 2 N–H and O–H groups in total. The molecule has 0 bridgehead atoms. The average molecular weight is 314 g/mol. The van der Waals surface area contributed by atoms with Crippen LogP contribution in [0.4, 0.5) is 4.79 Å². The van der Waals surface area contributed by atoms with Crippen molar-refractivity contribution in [1.29, 1.82) is 0 Å². The van der Waals surface area contributed by atoms with Crippen LogP contribution in [0.15, 0.2) is 0 Å². The van der Waals surface area contributed by atoms with Gasteiger partial charge >= 0.3 is 6.09 Å². The quantitative estimate of drug-likeness (QED) is 0.757. The predicted molar refractivity (Wildman–Crippen MR) is 89.1 cm³/mol. The third-order valence-electron chi connectivity index (χ3n) is 3.84. The van der Waals surface area contributed by atoms with Crippen molar-refractivity contribution in [1.82, 2.24) is 10.6 Å². The number of rotatable bonds is 7. The molecule has 1 saturated heterocycles. The summed E-state index contributed by atoms with van der Waals surface area (Å²) >= 11 is 0. The second-order valence-corrected chi connectivity index (χ2v) is 7.16. The zero-order valence-corrected chi connectivity index (χ0v) is 14.9. The van der Waals surface area contributed by atoms with Crippen LogP contribution in [0.2, 0.25) is 0 Å². The van der Waals surface area contributed by atoms with Crippen LogP contribution >= 0.6 is 0 Å². The van der Waals surface area contributed by atoms with Gasteiger partial charge in [-0.15, -0.1) is 0 Å². The van der Waals surface area contributed by atoms with Crippen LogP contribution in [-0.2, 0) is 9.47 Å². The molecule has 0 aromatic rings. The molecule has 0 spiro atoms. The lowest BCUT2D eigenvalue weighted by Gasteiger charge is -2.31. The van der Waals surface area contributed by atoms with Gasteiger partial charge in [-0.1, -0.05) is 20.3 Å². The van der Waals surface area contributed by atoms with Crippen LogP contribution in [-0.4, -0.2) is 43.0 Å². The number of hydrogen-bond acceptors (Lipinski definition) is 4. The molecule has 22 heavy (non-hydrogen) atoms. The number of hydrogen-bond donors (Lipinski definition) is 2. The Morgan fingerprint density at radius 1 is 1.36 bits per heavy atom. The topological polar surface area (TPSA) is 59.6 Å². The monoisotopic (exact) mass is 314 g/mol. The highest BCUT2D eigenvalue weighted by atomic mass is 16.6. The number of amides is 1. The molecule has 1 rings (SSSR count). The summed E-state index contributed by atoms with van der Waals surface area (Å²) in [4.78, 5) is 11.8. The fraction of sp³-hybridized carbons (Fsp3) is 0.941. The Balaban J connectivity index is 2.32. The Bertz CT molecular complexity index is 326. The van der Waals surface area contributed by atoms with Gasteiger partial charge in [0.05, 0.1) is 6.10 Å². The van der Waals surface area contributed by atoms with E-state index in [1.807, 2.05) is 20.8 Å².